The lowest BCUT2D eigenvalue weighted by atomic mass is 10.1. The molecule has 2 aromatic rings. The van der Waals surface area contributed by atoms with Gasteiger partial charge in [-0.2, -0.15) is 16.9 Å². The Morgan fingerprint density at radius 3 is 3.14 bits per heavy atom. The SMILES string of the molecule is CCCn1ncnc1CC(NC)c1cc2c(s1)CCSC2. The molecule has 0 aromatic carbocycles. The molecule has 114 valence electrons. The van der Waals surface area contributed by atoms with Gasteiger partial charge in [-0.3, -0.25) is 4.68 Å². The van der Waals surface area contributed by atoms with Crippen LogP contribution in [0.2, 0.25) is 0 Å². The molecular weight excluding hydrogens is 300 g/mol. The predicted molar refractivity (Wildman–Crippen MR) is 90.0 cm³/mol. The molecule has 0 saturated carbocycles. The third kappa shape index (κ3) is 3.33. The van der Waals surface area contributed by atoms with Crippen molar-refractivity contribution in [2.24, 2.45) is 0 Å². The van der Waals surface area contributed by atoms with E-state index in [-0.39, 0.29) is 0 Å². The van der Waals surface area contributed by atoms with Crippen molar-refractivity contribution in [2.45, 2.75) is 44.5 Å². The van der Waals surface area contributed by atoms with Crippen LogP contribution in [0.1, 0.15) is 40.5 Å². The lowest BCUT2D eigenvalue weighted by Gasteiger charge is -2.14. The lowest BCUT2D eigenvalue weighted by Crippen LogP contribution is -2.20. The van der Waals surface area contributed by atoms with E-state index in [4.69, 9.17) is 0 Å². The van der Waals surface area contributed by atoms with Gasteiger partial charge in [0.2, 0.25) is 0 Å². The quantitative estimate of drug-likeness (QED) is 0.888. The van der Waals surface area contributed by atoms with Crippen LogP contribution in [-0.2, 0) is 25.1 Å². The van der Waals surface area contributed by atoms with Gasteiger partial charge in [0.1, 0.15) is 12.2 Å². The largest absolute Gasteiger partial charge is 0.312 e. The second-order valence-electron chi connectivity index (χ2n) is 5.34. The highest BCUT2D eigenvalue weighted by Crippen LogP contribution is 2.35. The van der Waals surface area contributed by atoms with Gasteiger partial charge in [0.25, 0.3) is 0 Å². The molecule has 3 heterocycles. The van der Waals surface area contributed by atoms with Crippen LogP contribution in [0.5, 0.6) is 0 Å². The number of hydrogen-bond acceptors (Lipinski definition) is 5. The van der Waals surface area contributed by atoms with Crippen LogP contribution in [0.15, 0.2) is 12.4 Å². The summed E-state index contributed by atoms with van der Waals surface area (Å²) in [5, 5.41) is 7.79. The van der Waals surface area contributed by atoms with Crippen molar-refractivity contribution in [1.29, 1.82) is 0 Å². The van der Waals surface area contributed by atoms with Crippen LogP contribution in [0.25, 0.3) is 0 Å². The fraction of sp³-hybridized carbons (Fsp3) is 0.600. The molecule has 0 saturated heterocycles. The maximum absolute atomic E-state index is 4.44. The first kappa shape index (κ1) is 15.1. The molecule has 0 fully saturated rings. The van der Waals surface area contributed by atoms with Gasteiger partial charge in [-0.25, -0.2) is 4.98 Å². The summed E-state index contributed by atoms with van der Waals surface area (Å²) in [6.07, 6.45) is 4.90. The van der Waals surface area contributed by atoms with Gasteiger partial charge < -0.3 is 5.32 Å². The van der Waals surface area contributed by atoms with Gasteiger partial charge >= 0.3 is 0 Å². The molecule has 1 unspecified atom stereocenters. The predicted octanol–water partition coefficient (Wildman–Crippen LogP) is 3.04. The van der Waals surface area contributed by atoms with E-state index in [1.54, 1.807) is 16.8 Å². The summed E-state index contributed by atoms with van der Waals surface area (Å²) < 4.78 is 2.04. The zero-order valence-corrected chi connectivity index (χ0v) is 14.3. The minimum absolute atomic E-state index is 0.338. The van der Waals surface area contributed by atoms with E-state index in [9.17, 15) is 0 Å². The second kappa shape index (κ2) is 6.94. The molecule has 1 aliphatic rings. The Morgan fingerprint density at radius 1 is 1.48 bits per heavy atom. The van der Waals surface area contributed by atoms with E-state index in [2.05, 4.69) is 28.4 Å². The van der Waals surface area contributed by atoms with Crippen LogP contribution < -0.4 is 5.32 Å². The number of nitrogens with zero attached hydrogens (tertiary/aromatic N) is 3. The Kier molecular flexibility index (Phi) is 4.98. The normalized spacial score (nSPS) is 15.9. The van der Waals surface area contributed by atoms with Crippen molar-refractivity contribution >= 4 is 23.1 Å². The number of rotatable bonds is 6. The third-order valence-corrected chi connectivity index (χ3v) is 6.22. The fourth-order valence-corrected chi connectivity index (χ4v) is 5.20. The number of thiophene rings is 1. The maximum Gasteiger partial charge on any atom is 0.138 e. The van der Waals surface area contributed by atoms with Gasteiger partial charge in [0, 0.05) is 34.5 Å². The molecule has 21 heavy (non-hydrogen) atoms. The number of likely N-dealkylation sites (N-methyl/N-ethyl adjacent to an activating group) is 1. The molecule has 4 nitrogen and oxygen atoms in total. The Bertz CT molecular complexity index is 567. The molecule has 0 radical (unpaired) electrons. The highest BCUT2D eigenvalue weighted by molar-refractivity contribution is 7.98. The number of thioether (sulfide) groups is 1. The Morgan fingerprint density at radius 2 is 2.38 bits per heavy atom. The number of fused-ring (bicyclic) bond motifs is 1. The number of aromatic nitrogens is 3. The third-order valence-electron chi connectivity index (χ3n) is 3.86. The van der Waals surface area contributed by atoms with Crippen molar-refractivity contribution in [3.05, 3.63) is 33.5 Å². The Balaban J connectivity index is 1.78. The molecule has 2 aromatic heterocycles. The average Bonchev–Trinajstić information content (AvgIpc) is 3.11. The first-order valence-corrected chi connectivity index (χ1v) is 9.52. The molecule has 3 rings (SSSR count). The van der Waals surface area contributed by atoms with Crippen LogP contribution in [0.4, 0.5) is 0 Å². The number of hydrogen-bond donors (Lipinski definition) is 1. The molecule has 0 bridgehead atoms. The molecule has 1 N–H and O–H groups in total. The van der Waals surface area contributed by atoms with E-state index in [0.717, 1.165) is 25.2 Å². The minimum atomic E-state index is 0.338. The summed E-state index contributed by atoms with van der Waals surface area (Å²) in [5.41, 5.74) is 1.54. The molecule has 1 aliphatic heterocycles. The van der Waals surface area contributed by atoms with Crippen LogP contribution in [0.3, 0.4) is 0 Å². The number of nitrogens with one attached hydrogen (secondary N) is 1. The zero-order chi connectivity index (χ0) is 14.7. The van der Waals surface area contributed by atoms with E-state index in [1.165, 1.54) is 22.8 Å². The fourth-order valence-electron chi connectivity index (χ4n) is 2.71. The minimum Gasteiger partial charge on any atom is -0.312 e. The monoisotopic (exact) mass is 322 g/mol. The van der Waals surface area contributed by atoms with Crippen molar-refractivity contribution in [1.82, 2.24) is 20.1 Å². The summed E-state index contributed by atoms with van der Waals surface area (Å²) in [4.78, 5) is 7.47. The maximum atomic E-state index is 4.44. The van der Waals surface area contributed by atoms with Gasteiger partial charge in [-0.15, -0.1) is 11.3 Å². The molecule has 0 aliphatic carbocycles. The van der Waals surface area contributed by atoms with E-state index >= 15 is 0 Å². The van der Waals surface area contributed by atoms with Crippen LogP contribution in [0, 0.1) is 0 Å². The van der Waals surface area contributed by atoms with Crippen LogP contribution >= 0.6 is 23.1 Å². The highest BCUT2D eigenvalue weighted by Gasteiger charge is 2.20. The second-order valence-corrected chi connectivity index (χ2v) is 7.62. The van der Waals surface area contributed by atoms with Crippen molar-refractivity contribution < 1.29 is 0 Å². The van der Waals surface area contributed by atoms with E-state index in [1.807, 2.05) is 34.8 Å². The highest BCUT2D eigenvalue weighted by atomic mass is 32.2. The van der Waals surface area contributed by atoms with Gasteiger partial charge in [0.05, 0.1) is 0 Å². The summed E-state index contributed by atoms with van der Waals surface area (Å²) in [6.45, 7) is 3.12. The first-order valence-electron chi connectivity index (χ1n) is 7.55. The Hall–Kier alpha value is -0.850. The van der Waals surface area contributed by atoms with Crippen molar-refractivity contribution in [2.75, 3.05) is 12.8 Å². The van der Waals surface area contributed by atoms with E-state index in [0.29, 0.717) is 6.04 Å². The summed E-state index contributed by atoms with van der Waals surface area (Å²) in [5.74, 6) is 3.52. The summed E-state index contributed by atoms with van der Waals surface area (Å²) in [6, 6.07) is 2.74. The number of aryl methyl sites for hydroxylation is 2. The average molecular weight is 323 g/mol. The topological polar surface area (TPSA) is 42.7 Å². The Labute approximate surface area is 134 Å². The summed E-state index contributed by atoms with van der Waals surface area (Å²) in [7, 11) is 2.04. The van der Waals surface area contributed by atoms with Gasteiger partial charge in [0.15, 0.2) is 0 Å². The van der Waals surface area contributed by atoms with Gasteiger partial charge in [-0.05, 0) is 37.3 Å². The van der Waals surface area contributed by atoms with Crippen molar-refractivity contribution in [3.63, 3.8) is 0 Å². The summed E-state index contributed by atoms with van der Waals surface area (Å²) >= 11 is 4.02. The molecule has 0 spiro atoms. The first-order chi connectivity index (χ1) is 10.3. The lowest BCUT2D eigenvalue weighted by molar-refractivity contribution is 0.521. The molecule has 6 heteroatoms. The van der Waals surface area contributed by atoms with Crippen LogP contribution in [-0.4, -0.2) is 27.6 Å². The standard InChI is InChI=1S/C15H22N4S2/c1-3-5-19-15(17-10-18-19)8-12(16-2)14-7-11-9-20-6-4-13(11)21-14/h7,10,12,16H,3-6,8-9H2,1-2H3. The molecule has 1 atom stereocenters. The molecular formula is C15H22N4S2. The smallest absolute Gasteiger partial charge is 0.138 e. The van der Waals surface area contributed by atoms with Gasteiger partial charge in [-0.1, -0.05) is 6.92 Å². The molecule has 0 amide bonds. The van der Waals surface area contributed by atoms with Crippen molar-refractivity contribution in [3.8, 4) is 0 Å². The zero-order valence-electron chi connectivity index (χ0n) is 12.6. The van der Waals surface area contributed by atoms with E-state index < -0.39 is 0 Å².